The van der Waals surface area contributed by atoms with E-state index < -0.39 is 11.6 Å². The van der Waals surface area contributed by atoms with Crippen molar-refractivity contribution < 1.29 is 18.3 Å². The maximum atomic E-state index is 13.0. The Kier molecular flexibility index (Phi) is 4.45. The Balaban J connectivity index is 1.99. The van der Waals surface area contributed by atoms with E-state index in [1.54, 1.807) is 19.2 Å². The van der Waals surface area contributed by atoms with Crippen LogP contribution in [0.1, 0.15) is 11.1 Å². The molecule has 0 radical (unpaired) electrons. The van der Waals surface area contributed by atoms with Crippen LogP contribution in [0.5, 0.6) is 5.75 Å². The molecular formula is C16H14F2O2. The van der Waals surface area contributed by atoms with Crippen molar-refractivity contribution in [3.8, 4) is 5.75 Å². The average Bonchev–Trinajstić information content (AvgIpc) is 2.44. The molecule has 0 saturated heterocycles. The monoisotopic (exact) mass is 276 g/mol. The van der Waals surface area contributed by atoms with Gasteiger partial charge in [-0.1, -0.05) is 18.2 Å². The molecule has 0 unspecified atom stereocenters. The molecule has 0 aliphatic carbocycles. The first-order valence-electron chi connectivity index (χ1n) is 6.17. The van der Waals surface area contributed by atoms with Crippen molar-refractivity contribution in [2.24, 2.45) is 0 Å². The third-order valence-corrected chi connectivity index (χ3v) is 2.95. The molecule has 0 spiro atoms. The standard InChI is InChI=1S/C16H14F2O2/c1-20-14-5-2-11(3-6-14)8-13(19)9-12-4-7-15(17)16(18)10-12/h2-7,10H,8-9H2,1H3. The SMILES string of the molecule is COc1ccc(CC(=O)Cc2ccc(F)c(F)c2)cc1. The van der Waals surface area contributed by atoms with Crippen LogP contribution in [-0.2, 0) is 17.6 Å². The molecule has 20 heavy (non-hydrogen) atoms. The number of carbonyl (C=O) groups excluding carboxylic acids is 1. The van der Waals surface area contributed by atoms with Crippen LogP contribution in [0.25, 0.3) is 0 Å². The maximum absolute atomic E-state index is 13.0. The molecular weight excluding hydrogens is 262 g/mol. The molecule has 0 N–H and O–H groups in total. The van der Waals surface area contributed by atoms with E-state index in [0.29, 0.717) is 5.56 Å². The summed E-state index contributed by atoms with van der Waals surface area (Å²) in [6, 6.07) is 10.7. The molecule has 0 aliphatic rings. The quantitative estimate of drug-likeness (QED) is 0.837. The molecule has 0 fully saturated rings. The predicted molar refractivity (Wildman–Crippen MR) is 71.8 cm³/mol. The van der Waals surface area contributed by atoms with Crippen molar-refractivity contribution in [2.45, 2.75) is 12.8 Å². The molecule has 0 bridgehead atoms. The van der Waals surface area contributed by atoms with Crippen LogP contribution in [-0.4, -0.2) is 12.9 Å². The Labute approximate surface area is 116 Å². The van der Waals surface area contributed by atoms with Gasteiger partial charge in [0, 0.05) is 12.8 Å². The van der Waals surface area contributed by atoms with Crippen LogP contribution in [0.3, 0.4) is 0 Å². The van der Waals surface area contributed by atoms with Crippen molar-refractivity contribution in [1.29, 1.82) is 0 Å². The lowest BCUT2D eigenvalue weighted by Crippen LogP contribution is -2.07. The third kappa shape index (κ3) is 3.63. The molecule has 0 aliphatic heterocycles. The number of ketones is 1. The van der Waals surface area contributed by atoms with Crippen molar-refractivity contribution >= 4 is 5.78 Å². The highest BCUT2D eigenvalue weighted by Gasteiger charge is 2.08. The second-order valence-electron chi connectivity index (χ2n) is 4.49. The van der Waals surface area contributed by atoms with Crippen LogP contribution in [0.2, 0.25) is 0 Å². The average molecular weight is 276 g/mol. The van der Waals surface area contributed by atoms with E-state index in [-0.39, 0.29) is 18.6 Å². The molecule has 0 saturated carbocycles. The first-order chi connectivity index (χ1) is 9.58. The number of hydrogen-bond acceptors (Lipinski definition) is 2. The molecule has 104 valence electrons. The van der Waals surface area contributed by atoms with Gasteiger partial charge < -0.3 is 4.74 Å². The highest BCUT2D eigenvalue weighted by atomic mass is 19.2. The summed E-state index contributed by atoms with van der Waals surface area (Å²) in [6.07, 6.45) is 0.340. The van der Waals surface area contributed by atoms with Gasteiger partial charge in [0.15, 0.2) is 11.6 Å². The van der Waals surface area contributed by atoms with Crippen LogP contribution >= 0.6 is 0 Å². The summed E-state index contributed by atoms with van der Waals surface area (Å²) in [4.78, 5) is 11.9. The van der Waals surface area contributed by atoms with Gasteiger partial charge >= 0.3 is 0 Å². The van der Waals surface area contributed by atoms with Crippen molar-refractivity contribution in [3.05, 3.63) is 65.2 Å². The Bertz CT molecular complexity index is 606. The highest BCUT2D eigenvalue weighted by Crippen LogP contribution is 2.14. The van der Waals surface area contributed by atoms with Gasteiger partial charge in [-0.3, -0.25) is 4.79 Å². The van der Waals surface area contributed by atoms with E-state index in [2.05, 4.69) is 0 Å². The summed E-state index contributed by atoms with van der Waals surface area (Å²) in [5.74, 6) is -1.17. The summed E-state index contributed by atoms with van der Waals surface area (Å²) in [7, 11) is 1.57. The first kappa shape index (κ1) is 14.2. The first-order valence-corrected chi connectivity index (χ1v) is 6.17. The minimum Gasteiger partial charge on any atom is -0.497 e. The van der Waals surface area contributed by atoms with Crippen LogP contribution < -0.4 is 4.74 Å². The number of carbonyl (C=O) groups is 1. The number of methoxy groups -OCH3 is 1. The second kappa shape index (κ2) is 6.28. The summed E-state index contributed by atoms with van der Waals surface area (Å²) in [5.41, 5.74) is 1.33. The van der Waals surface area contributed by atoms with E-state index in [1.165, 1.54) is 6.07 Å². The third-order valence-electron chi connectivity index (χ3n) is 2.95. The van der Waals surface area contributed by atoms with Crippen LogP contribution in [0.4, 0.5) is 8.78 Å². The minimum atomic E-state index is -0.931. The van der Waals surface area contributed by atoms with E-state index in [9.17, 15) is 13.6 Å². The van der Waals surface area contributed by atoms with Crippen LogP contribution in [0.15, 0.2) is 42.5 Å². The van der Waals surface area contributed by atoms with Gasteiger partial charge in [-0.2, -0.15) is 0 Å². The fourth-order valence-corrected chi connectivity index (χ4v) is 1.91. The van der Waals surface area contributed by atoms with E-state index in [0.717, 1.165) is 23.4 Å². The molecule has 2 rings (SSSR count). The van der Waals surface area contributed by atoms with Gasteiger partial charge in [-0.05, 0) is 35.4 Å². The number of halogens is 2. The smallest absolute Gasteiger partial charge is 0.159 e. The Morgan fingerprint density at radius 2 is 1.55 bits per heavy atom. The maximum Gasteiger partial charge on any atom is 0.159 e. The summed E-state index contributed by atoms with van der Waals surface area (Å²) in [6.45, 7) is 0. The number of ether oxygens (including phenoxy) is 1. The molecule has 4 heteroatoms. The van der Waals surface area contributed by atoms with E-state index in [1.807, 2.05) is 12.1 Å². The highest BCUT2D eigenvalue weighted by molar-refractivity contribution is 5.83. The fraction of sp³-hybridized carbons (Fsp3) is 0.188. The van der Waals surface area contributed by atoms with Crippen molar-refractivity contribution in [1.82, 2.24) is 0 Å². The fourth-order valence-electron chi connectivity index (χ4n) is 1.91. The molecule has 2 nitrogen and oxygen atoms in total. The number of rotatable bonds is 5. The summed E-state index contributed by atoms with van der Waals surface area (Å²) >= 11 is 0. The largest absolute Gasteiger partial charge is 0.497 e. The normalized spacial score (nSPS) is 10.3. The molecule has 2 aromatic carbocycles. The summed E-state index contributed by atoms with van der Waals surface area (Å²) < 4.78 is 30.9. The predicted octanol–water partition coefficient (Wildman–Crippen LogP) is 3.33. The Morgan fingerprint density at radius 1 is 0.950 bits per heavy atom. The van der Waals surface area contributed by atoms with Crippen molar-refractivity contribution in [3.63, 3.8) is 0 Å². The minimum absolute atomic E-state index is 0.0545. The lowest BCUT2D eigenvalue weighted by atomic mass is 10.0. The number of Topliss-reactive ketones (excluding diaryl/α,β-unsaturated/α-hetero) is 1. The zero-order valence-electron chi connectivity index (χ0n) is 11.0. The molecule has 2 aromatic rings. The van der Waals surface area contributed by atoms with Gasteiger partial charge in [-0.15, -0.1) is 0 Å². The van der Waals surface area contributed by atoms with Crippen LogP contribution in [0, 0.1) is 11.6 Å². The van der Waals surface area contributed by atoms with Gasteiger partial charge in [-0.25, -0.2) is 8.78 Å². The Hall–Kier alpha value is -2.23. The lowest BCUT2D eigenvalue weighted by Gasteiger charge is -2.04. The molecule has 0 aromatic heterocycles. The molecule has 0 heterocycles. The molecule has 0 amide bonds. The lowest BCUT2D eigenvalue weighted by molar-refractivity contribution is -0.117. The van der Waals surface area contributed by atoms with E-state index >= 15 is 0 Å². The number of benzene rings is 2. The van der Waals surface area contributed by atoms with Crippen molar-refractivity contribution in [2.75, 3.05) is 7.11 Å². The second-order valence-corrected chi connectivity index (χ2v) is 4.49. The van der Waals surface area contributed by atoms with Gasteiger partial charge in [0.05, 0.1) is 7.11 Å². The topological polar surface area (TPSA) is 26.3 Å². The van der Waals surface area contributed by atoms with Gasteiger partial charge in [0.25, 0.3) is 0 Å². The zero-order valence-corrected chi connectivity index (χ0v) is 11.0. The van der Waals surface area contributed by atoms with E-state index in [4.69, 9.17) is 4.74 Å². The zero-order chi connectivity index (χ0) is 14.5. The van der Waals surface area contributed by atoms with Gasteiger partial charge in [0.1, 0.15) is 11.5 Å². The molecule has 0 atom stereocenters. The Morgan fingerprint density at radius 3 is 2.15 bits per heavy atom. The summed E-state index contributed by atoms with van der Waals surface area (Å²) in [5, 5.41) is 0. The van der Waals surface area contributed by atoms with Gasteiger partial charge in [0.2, 0.25) is 0 Å². The number of hydrogen-bond donors (Lipinski definition) is 0.